The first-order valence-electron chi connectivity index (χ1n) is 8.10. The van der Waals surface area contributed by atoms with Crippen molar-refractivity contribution >= 4 is 17.4 Å². The molecule has 0 bridgehead atoms. The van der Waals surface area contributed by atoms with Gasteiger partial charge in [-0.15, -0.1) is 11.3 Å². The van der Waals surface area contributed by atoms with E-state index in [1.54, 1.807) is 11.3 Å². The standard InChI is InChI=1S/C16H24N2O3S/c1-2-12(15-6-4-10-22-15)17-16(19)18-7-9-21-14(11-18)13-5-3-8-20-13/h4,6,10,12-14H,2-3,5,7-9,11H2,1H3,(H,17,19)/t12-,13-,14+/m0/s1. The third kappa shape index (κ3) is 3.62. The molecule has 2 aliphatic rings. The highest BCUT2D eigenvalue weighted by atomic mass is 32.1. The van der Waals surface area contributed by atoms with Crippen LogP contribution >= 0.6 is 11.3 Å². The second kappa shape index (κ2) is 7.44. The van der Waals surface area contributed by atoms with E-state index in [4.69, 9.17) is 9.47 Å². The highest BCUT2D eigenvalue weighted by Crippen LogP contribution is 2.23. The first-order chi connectivity index (χ1) is 10.8. The van der Waals surface area contributed by atoms with E-state index in [9.17, 15) is 4.79 Å². The van der Waals surface area contributed by atoms with Crippen molar-refractivity contribution in [2.75, 3.05) is 26.3 Å². The monoisotopic (exact) mass is 324 g/mol. The van der Waals surface area contributed by atoms with Crippen LogP contribution in [0.2, 0.25) is 0 Å². The molecule has 0 radical (unpaired) electrons. The molecule has 3 rings (SSSR count). The highest BCUT2D eigenvalue weighted by Gasteiger charge is 2.33. The highest BCUT2D eigenvalue weighted by molar-refractivity contribution is 7.10. The lowest BCUT2D eigenvalue weighted by Gasteiger charge is -2.36. The quantitative estimate of drug-likeness (QED) is 0.926. The topological polar surface area (TPSA) is 50.8 Å². The molecule has 1 aromatic rings. The van der Waals surface area contributed by atoms with Gasteiger partial charge in [-0.05, 0) is 30.7 Å². The average molecular weight is 324 g/mol. The lowest BCUT2D eigenvalue weighted by molar-refractivity contribution is -0.0850. The van der Waals surface area contributed by atoms with Crippen LogP contribution < -0.4 is 5.32 Å². The Morgan fingerprint density at radius 1 is 1.45 bits per heavy atom. The van der Waals surface area contributed by atoms with Crippen LogP contribution in [-0.4, -0.2) is 49.4 Å². The summed E-state index contributed by atoms with van der Waals surface area (Å²) in [4.78, 5) is 15.6. The number of nitrogens with one attached hydrogen (secondary N) is 1. The zero-order chi connectivity index (χ0) is 15.4. The molecule has 5 nitrogen and oxygen atoms in total. The minimum absolute atomic E-state index is 0.00606. The second-order valence-electron chi connectivity index (χ2n) is 5.83. The van der Waals surface area contributed by atoms with E-state index in [0.717, 1.165) is 25.9 Å². The van der Waals surface area contributed by atoms with Gasteiger partial charge in [0.15, 0.2) is 0 Å². The summed E-state index contributed by atoms with van der Waals surface area (Å²) in [5.41, 5.74) is 0. The summed E-state index contributed by atoms with van der Waals surface area (Å²) in [6, 6.07) is 4.20. The van der Waals surface area contributed by atoms with Gasteiger partial charge < -0.3 is 19.7 Å². The van der Waals surface area contributed by atoms with Gasteiger partial charge in [0.2, 0.25) is 0 Å². The maximum atomic E-state index is 12.5. The zero-order valence-corrected chi connectivity index (χ0v) is 13.8. The molecule has 122 valence electrons. The molecular weight excluding hydrogens is 300 g/mol. The van der Waals surface area contributed by atoms with Crippen LogP contribution in [0.1, 0.15) is 37.1 Å². The zero-order valence-electron chi connectivity index (χ0n) is 13.0. The lowest BCUT2D eigenvalue weighted by Crippen LogP contribution is -2.53. The van der Waals surface area contributed by atoms with Crippen LogP contribution in [0.15, 0.2) is 17.5 Å². The van der Waals surface area contributed by atoms with Crippen molar-refractivity contribution < 1.29 is 14.3 Å². The second-order valence-corrected chi connectivity index (χ2v) is 6.81. The van der Waals surface area contributed by atoms with Crippen molar-refractivity contribution in [1.29, 1.82) is 0 Å². The third-order valence-electron chi connectivity index (χ3n) is 4.35. The molecule has 0 aliphatic carbocycles. The molecule has 2 aliphatic heterocycles. The summed E-state index contributed by atoms with van der Waals surface area (Å²) in [6.07, 6.45) is 3.18. The van der Waals surface area contributed by atoms with Crippen LogP contribution in [0, 0.1) is 0 Å². The Morgan fingerprint density at radius 3 is 3.00 bits per heavy atom. The molecule has 1 N–H and O–H groups in total. The Labute approximate surface area is 135 Å². The Morgan fingerprint density at radius 2 is 2.32 bits per heavy atom. The third-order valence-corrected chi connectivity index (χ3v) is 5.34. The van der Waals surface area contributed by atoms with Gasteiger partial charge in [-0.25, -0.2) is 4.79 Å². The van der Waals surface area contributed by atoms with Gasteiger partial charge >= 0.3 is 6.03 Å². The van der Waals surface area contributed by atoms with Crippen molar-refractivity contribution in [1.82, 2.24) is 10.2 Å². The largest absolute Gasteiger partial charge is 0.375 e. The van der Waals surface area contributed by atoms with Gasteiger partial charge in [0, 0.05) is 18.0 Å². The molecule has 2 saturated heterocycles. The number of urea groups is 1. The molecule has 0 aromatic carbocycles. The number of carbonyl (C=O) groups excluding carboxylic acids is 1. The molecule has 0 spiro atoms. The summed E-state index contributed by atoms with van der Waals surface area (Å²) in [5.74, 6) is 0. The minimum atomic E-state index is 0.00606. The number of amides is 2. The molecule has 3 atom stereocenters. The van der Waals surface area contributed by atoms with Crippen LogP contribution in [0.3, 0.4) is 0 Å². The van der Waals surface area contributed by atoms with E-state index >= 15 is 0 Å². The predicted octanol–water partition coefficient (Wildman–Crippen LogP) is 2.79. The first kappa shape index (κ1) is 15.8. The minimum Gasteiger partial charge on any atom is -0.375 e. The molecule has 0 unspecified atom stereocenters. The fourth-order valence-electron chi connectivity index (χ4n) is 3.08. The van der Waals surface area contributed by atoms with Crippen LogP contribution in [-0.2, 0) is 9.47 Å². The molecule has 0 saturated carbocycles. The Bertz CT molecular complexity index is 474. The van der Waals surface area contributed by atoms with Gasteiger partial charge in [-0.3, -0.25) is 0 Å². The Kier molecular flexibility index (Phi) is 5.33. The summed E-state index contributed by atoms with van der Waals surface area (Å²) in [6.45, 7) is 4.77. The summed E-state index contributed by atoms with van der Waals surface area (Å²) >= 11 is 1.69. The molecule has 1 aromatic heterocycles. The maximum absolute atomic E-state index is 12.5. The number of thiophene rings is 1. The molecule has 2 fully saturated rings. The van der Waals surface area contributed by atoms with Gasteiger partial charge in [-0.1, -0.05) is 13.0 Å². The number of nitrogens with zero attached hydrogens (tertiary/aromatic N) is 1. The predicted molar refractivity (Wildman–Crippen MR) is 86.2 cm³/mol. The van der Waals surface area contributed by atoms with Gasteiger partial charge in [0.05, 0.1) is 25.3 Å². The number of carbonyl (C=O) groups is 1. The number of morpholine rings is 1. The summed E-state index contributed by atoms with van der Waals surface area (Å²) in [7, 11) is 0. The number of ether oxygens (including phenoxy) is 2. The van der Waals surface area contributed by atoms with E-state index in [0.29, 0.717) is 19.7 Å². The molecule has 6 heteroatoms. The van der Waals surface area contributed by atoms with Crippen molar-refractivity contribution in [2.24, 2.45) is 0 Å². The van der Waals surface area contributed by atoms with Crippen molar-refractivity contribution in [3.63, 3.8) is 0 Å². The van der Waals surface area contributed by atoms with Crippen LogP contribution in [0.4, 0.5) is 4.79 Å². The van der Waals surface area contributed by atoms with Crippen molar-refractivity contribution in [3.05, 3.63) is 22.4 Å². The van der Waals surface area contributed by atoms with E-state index in [2.05, 4.69) is 18.3 Å². The SMILES string of the molecule is CC[C@H](NC(=O)N1CCO[C@@H]([C@@H]2CCCO2)C1)c1cccs1. The van der Waals surface area contributed by atoms with Gasteiger partial charge in [-0.2, -0.15) is 0 Å². The molecule has 22 heavy (non-hydrogen) atoms. The molecule has 2 amide bonds. The van der Waals surface area contributed by atoms with Crippen molar-refractivity contribution in [2.45, 2.75) is 44.4 Å². The fraction of sp³-hybridized carbons (Fsp3) is 0.688. The number of hydrogen-bond donors (Lipinski definition) is 1. The van der Waals surface area contributed by atoms with E-state index in [1.165, 1.54) is 4.88 Å². The molecular formula is C16H24N2O3S. The number of rotatable bonds is 4. The Hall–Kier alpha value is -1.11. The molecule has 3 heterocycles. The maximum Gasteiger partial charge on any atom is 0.318 e. The Balaban J connectivity index is 1.56. The van der Waals surface area contributed by atoms with E-state index in [1.807, 2.05) is 16.3 Å². The first-order valence-corrected chi connectivity index (χ1v) is 8.98. The normalized spacial score (nSPS) is 26.9. The lowest BCUT2D eigenvalue weighted by atomic mass is 10.1. The van der Waals surface area contributed by atoms with Crippen molar-refractivity contribution in [3.8, 4) is 0 Å². The smallest absolute Gasteiger partial charge is 0.318 e. The summed E-state index contributed by atoms with van der Waals surface area (Å²) in [5, 5.41) is 5.20. The fourth-order valence-corrected chi connectivity index (χ4v) is 3.95. The average Bonchev–Trinajstić information content (AvgIpc) is 3.25. The van der Waals surface area contributed by atoms with E-state index in [-0.39, 0.29) is 24.3 Å². The van der Waals surface area contributed by atoms with Crippen LogP contribution in [0.25, 0.3) is 0 Å². The van der Waals surface area contributed by atoms with Gasteiger partial charge in [0.25, 0.3) is 0 Å². The van der Waals surface area contributed by atoms with E-state index < -0.39 is 0 Å². The summed E-state index contributed by atoms with van der Waals surface area (Å²) < 4.78 is 11.5. The van der Waals surface area contributed by atoms with Crippen LogP contribution in [0.5, 0.6) is 0 Å². The number of hydrogen-bond acceptors (Lipinski definition) is 4. The van der Waals surface area contributed by atoms with Gasteiger partial charge in [0.1, 0.15) is 6.10 Å².